The number of aliphatic hydroxyl groups is 1. The van der Waals surface area contributed by atoms with Crippen molar-refractivity contribution in [2.75, 3.05) is 6.61 Å². The van der Waals surface area contributed by atoms with Crippen molar-refractivity contribution >= 4 is 12.2 Å². The van der Waals surface area contributed by atoms with Gasteiger partial charge in [-0.05, 0) is 18.9 Å². The highest BCUT2D eigenvalue weighted by atomic mass is 32.1. The van der Waals surface area contributed by atoms with Crippen molar-refractivity contribution in [3.05, 3.63) is 27.4 Å². The van der Waals surface area contributed by atoms with Gasteiger partial charge in [-0.15, -0.1) is 0 Å². The van der Waals surface area contributed by atoms with E-state index >= 15 is 0 Å². The zero-order valence-corrected chi connectivity index (χ0v) is 10.9. The maximum atomic E-state index is 11.5. The Morgan fingerprint density at radius 3 is 2.82 bits per heavy atom. The lowest BCUT2D eigenvalue weighted by Crippen LogP contribution is -2.27. The number of ether oxygens (including phenoxy) is 1. The van der Waals surface area contributed by atoms with Crippen LogP contribution < -0.4 is 5.69 Å². The molecule has 0 amide bonds. The summed E-state index contributed by atoms with van der Waals surface area (Å²) in [5.41, 5.74) is -0.272. The molecule has 1 aliphatic heterocycles. The minimum absolute atomic E-state index is 0.00587. The quantitative estimate of drug-likeness (QED) is 0.791. The normalized spacial score (nSPS) is 23.0. The van der Waals surface area contributed by atoms with Crippen LogP contribution in [0.25, 0.3) is 0 Å². The Morgan fingerprint density at radius 1 is 1.59 bits per heavy atom. The van der Waals surface area contributed by atoms with Crippen molar-refractivity contribution in [1.82, 2.24) is 9.55 Å². The van der Waals surface area contributed by atoms with Crippen LogP contribution >= 0.6 is 12.2 Å². The molecule has 96 valence electrons. The fourth-order valence-electron chi connectivity index (χ4n) is 1.68. The number of H-pyrrole nitrogens is 1. The minimum Gasteiger partial charge on any atom is -0.394 e. The first-order valence-electron chi connectivity index (χ1n) is 5.78. The van der Waals surface area contributed by atoms with E-state index in [2.05, 4.69) is 4.98 Å². The Morgan fingerprint density at radius 2 is 2.29 bits per heavy atom. The Kier molecular flexibility index (Phi) is 5.54. The molecule has 1 aromatic rings. The second kappa shape index (κ2) is 6.68. The molecular weight excluding hydrogens is 240 g/mol. The second-order valence-corrected chi connectivity index (χ2v) is 3.93. The standard InChI is InChI=1S/C9H12N2O3S.C2H6/c12-5-6-1-2-8(14-6)11-4-3-7(15)10-9(11)13;1-2/h3-4,6,8,12H,1-2,5H2,(H,10,13,15);1-2H3. The number of aliphatic hydroxyl groups excluding tert-OH is 1. The molecule has 1 aliphatic rings. The predicted octanol–water partition coefficient (Wildman–Crippen LogP) is 1.60. The Bertz CT molecular complexity index is 455. The van der Waals surface area contributed by atoms with Gasteiger partial charge in [0.2, 0.25) is 0 Å². The lowest BCUT2D eigenvalue weighted by atomic mass is 10.2. The van der Waals surface area contributed by atoms with E-state index in [0.717, 1.165) is 12.8 Å². The molecule has 17 heavy (non-hydrogen) atoms. The fourth-order valence-corrected chi connectivity index (χ4v) is 1.83. The van der Waals surface area contributed by atoms with Gasteiger partial charge >= 0.3 is 5.69 Å². The number of hydrogen-bond acceptors (Lipinski definition) is 4. The van der Waals surface area contributed by atoms with Gasteiger partial charge in [-0.1, -0.05) is 26.1 Å². The number of nitrogens with zero attached hydrogens (tertiary/aromatic N) is 1. The maximum absolute atomic E-state index is 11.5. The van der Waals surface area contributed by atoms with E-state index in [1.807, 2.05) is 13.8 Å². The third-order valence-corrected chi connectivity index (χ3v) is 2.69. The third-order valence-electron chi connectivity index (χ3n) is 2.45. The van der Waals surface area contributed by atoms with E-state index in [0.29, 0.717) is 4.64 Å². The zero-order valence-electron chi connectivity index (χ0n) is 10.0. The largest absolute Gasteiger partial charge is 0.394 e. The summed E-state index contributed by atoms with van der Waals surface area (Å²) in [6.45, 7) is 3.99. The zero-order chi connectivity index (χ0) is 12.8. The smallest absolute Gasteiger partial charge is 0.328 e. The first kappa shape index (κ1) is 14.1. The fraction of sp³-hybridized carbons (Fsp3) is 0.636. The molecule has 1 fully saturated rings. The average molecular weight is 258 g/mol. The van der Waals surface area contributed by atoms with E-state index in [-0.39, 0.29) is 24.6 Å². The molecule has 1 aromatic heterocycles. The highest BCUT2D eigenvalue weighted by Gasteiger charge is 2.26. The predicted molar refractivity (Wildman–Crippen MR) is 67.5 cm³/mol. The summed E-state index contributed by atoms with van der Waals surface area (Å²) in [5.74, 6) is 0. The molecule has 2 heterocycles. The molecule has 2 rings (SSSR count). The first-order chi connectivity index (χ1) is 8.20. The average Bonchev–Trinajstić information content (AvgIpc) is 2.80. The number of aromatic amines is 1. The van der Waals surface area contributed by atoms with Crippen molar-refractivity contribution in [1.29, 1.82) is 0 Å². The molecule has 0 aliphatic carbocycles. The Hall–Kier alpha value is -0.980. The topological polar surface area (TPSA) is 67.2 Å². The first-order valence-corrected chi connectivity index (χ1v) is 6.19. The van der Waals surface area contributed by atoms with Gasteiger partial charge in [0.25, 0.3) is 0 Å². The van der Waals surface area contributed by atoms with Gasteiger partial charge < -0.3 is 9.84 Å². The minimum atomic E-state index is -0.290. The third kappa shape index (κ3) is 3.49. The van der Waals surface area contributed by atoms with Crippen LogP contribution in [0, 0.1) is 4.64 Å². The van der Waals surface area contributed by atoms with Crippen molar-refractivity contribution in [2.45, 2.75) is 39.0 Å². The summed E-state index contributed by atoms with van der Waals surface area (Å²) in [6.07, 6.45) is 2.66. The van der Waals surface area contributed by atoms with Gasteiger partial charge in [-0.25, -0.2) is 4.79 Å². The Balaban J connectivity index is 0.000000686. The molecule has 2 N–H and O–H groups in total. The van der Waals surface area contributed by atoms with Crippen LogP contribution in [0.4, 0.5) is 0 Å². The van der Waals surface area contributed by atoms with Crippen molar-refractivity contribution in [3.8, 4) is 0 Å². The molecule has 0 radical (unpaired) electrons. The van der Waals surface area contributed by atoms with Crippen LogP contribution in [0.2, 0.25) is 0 Å². The monoisotopic (exact) mass is 258 g/mol. The van der Waals surface area contributed by atoms with E-state index in [4.69, 9.17) is 22.1 Å². The van der Waals surface area contributed by atoms with Crippen LogP contribution in [0.15, 0.2) is 17.1 Å². The van der Waals surface area contributed by atoms with Crippen LogP contribution in [0.1, 0.15) is 32.9 Å². The second-order valence-electron chi connectivity index (χ2n) is 3.49. The number of rotatable bonds is 2. The molecule has 1 saturated heterocycles. The summed E-state index contributed by atoms with van der Waals surface area (Å²) in [7, 11) is 0. The summed E-state index contributed by atoms with van der Waals surface area (Å²) >= 11 is 4.83. The molecule has 5 nitrogen and oxygen atoms in total. The molecule has 0 saturated carbocycles. The highest BCUT2D eigenvalue weighted by Crippen LogP contribution is 2.26. The summed E-state index contributed by atoms with van der Waals surface area (Å²) in [5, 5.41) is 8.91. The van der Waals surface area contributed by atoms with E-state index in [1.54, 1.807) is 12.3 Å². The molecule has 0 aromatic carbocycles. The van der Waals surface area contributed by atoms with Crippen molar-refractivity contribution in [3.63, 3.8) is 0 Å². The van der Waals surface area contributed by atoms with Crippen LogP contribution in [-0.4, -0.2) is 27.4 Å². The van der Waals surface area contributed by atoms with Crippen LogP contribution in [0.5, 0.6) is 0 Å². The van der Waals surface area contributed by atoms with Crippen LogP contribution in [0.3, 0.4) is 0 Å². The lowest BCUT2D eigenvalue weighted by molar-refractivity contribution is -0.0246. The van der Waals surface area contributed by atoms with Crippen molar-refractivity contribution < 1.29 is 9.84 Å². The van der Waals surface area contributed by atoms with Gasteiger partial charge in [0.05, 0.1) is 12.7 Å². The van der Waals surface area contributed by atoms with Gasteiger partial charge in [-0.2, -0.15) is 0 Å². The summed E-state index contributed by atoms with van der Waals surface area (Å²) in [4.78, 5) is 14.0. The SMILES string of the molecule is CC.O=c1[nH]c(=S)ccn1C1CCC(CO)O1. The molecule has 0 spiro atoms. The summed E-state index contributed by atoms with van der Waals surface area (Å²) in [6, 6.07) is 1.65. The van der Waals surface area contributed by atoms with Gasteiger partial charge in [-0.3, -0.25) is 9.55 Å². The molecule has 2 unspecified atom stereocenters. The van der Waals surface area contributed by atoms with E-state index < -0.39 is 0 Å². The molecule has 0 bridgehead atoms. The Labute approximate surface area is 105 Å². The van der Waals surface area contributed by atoms with Gasteiger partial charge in [0, 0.05) is 6.20 Å². The lowest BCUT2D eigenvalue weighted by Gasteiger charge is -2.14. The number of aromatic nitrogens is 2. The number of hydrogen-bond donors (Lipinski definition) is 2. The maximum Gasteiger partial charge on any atom is 0.328 e. The summed E-state index contributed by atoms with van der Waals surface area (Å²) < 4.78 is 7.35. The van der Waals surface area contributed by atoms with Gasteiger partial charge in [0.1, 0.15) is 10.9 Å². The van der Waals surface area contributed by atoms with Crippen molar-refractivity contribution in [2.24, 2.45) is 0 Å². The van der Waals surface area contributed by atoms with E-state index in [9.17, 15) is 4.79 Å². The highest BCUT2D eigenvalue weighted by molar-refractivity contribution is 7.71. The molecule has 2 atom stereocenters. The van der Waals surface area contributed by atoms with Crippen LogP contribution in [-0.2, 0) is 4.74 Å². The molecule has 6 heteroatoms. The van der Waals surface area contributed by atoms with Gasteiger partial charge in [0.15, 0.2) is 0 Å². The number of nitrogens with one attached hydrogen (secondary N) is 1. The molecular formula is C11H18N2O3S. The van der Waals surface area contributed by atoms with E-state index in [1.165, 1.54) is 4.57 Å².